The summed E-state index contributed by atoms with van der Waals surface area (Å²) in [6, 6.07) is 2.16. The molecule has 0 radical (unpaired) electrons. The number of anilines is 1. The summed E-state index contributed by atoms with van der Waals surface area (Å²) in [5, 5.41) is 16.9. The minimum atomic E-state index is -0.265. The SMILES string of the molecule is Cc1cc(C(=O)Nc2cn[nH]n2)nn1C(C)C1CC1. The molecule has 1 amide bonds. The zero-order valence-electron chi connectivity index (χ0n) is 10.9. The predicted molar refractivity (Wildman–Crippen MR) is 68.7 cm³/mol. The summed E-state index contributed by atoms with van der Waals surface area (Å²) in [6.07, 6.45) is 3.95. The van der Waals surface area contributed by atoms with E-state index in [1.54, 1.807) is 6.07 Å². The molecule has 1 atom stereocenters. The average molecular weight is 260 g/mol. The minimum absolute atomic E-state index is 0.265. The molecule has 0 aromatic carbocycles. The van der Waals surface area contributed by atoms with Gasteiger partial charge in [0.2, 0.25) is 0 Å². The molecule has 2 aromatic rings. The van der Waals surface area contributed by atoms with Gasteiger partial charge in [-0.25, -0.2) is 0 Å². The highest BCUT2D eigenvalue weighted by atomic mass is 16.2. The topological polar surface area (TPSA) is 88.5 Å². The maximum atomic E-state index is 12.0. The Balaban J connectivity index is 1.77. The highest BCUT2D eigenvalue weighted by molar-refractivity contribution is 6.02. The first-order valence-corrected chi connectivity index (χ1v) is 6.38. The van der Waals surface area contributed by atoms with Gasteiger partial charge in [-0.15, -0.1) is 5.10 Å². The molecule has 2 aromatic heterocycles. The number of hydrogen-bond acceptors (Lipinski definition) is 4. The number of carbonyl (C=O) groups excluding carboxylic acids is 1. The van der Waals surface area contributed by atoms with E-state index in [2.05, 4.69) is 32.7 Å². The monoisotopic (exact) mass is 260 g/mol. The molecule has 1 saturated carbocycles. The third-order valence-corrected chi connectivity index (χ3v) is 3.50. The smallest absolute Gasteiger partial charge is 0.277 e. The van der Waals surface area contributed by atoms with Crippen LogP contribution in [0.3, 0.4) is 0 Å². The quantitative estimate of drug-likeness (QED) is 0.872. The van der Waals surface area contributed by atoms with Gasteiger partial charge >= 0.3 is 0 Å². The number of nitrogens with one attached hydrogen (secondary N) is 2. The fourth-order valence-electron chi connectivity index (χ4n) is 2.23. The molecule has 7 heteroatoms. The van der Waals surface area contributed by atoms with E-state index in [4.69, 9.17) is 0 Å². The second kappa shape index (κ2) is 4.49. The number of aromatic nitrogens is 5. The van der Waals surface area contributed by atoms with Gasteiger partial charge in [0.25, 0.3) is 5.91 Å². The van der Waals surface area contributed by atoms with E-state index in [1.165, 1.54) is 19.0 Å². The van der Waals surface area contributed by atoms with Gasteiger partial charge in [-0.3, -0.25) is 9.48 Å². The second-order valence-electron chi connectivity index (χ2n) is 5.00. The van der Waals surface area contributed by atoms with Crippen LogP contribution in [0.2, 0.25) is 0 Å². The van der Waals surface area contributed by atoms with Gasteiger partial charge < -0.3 is 5.32 Å². The second-order valence-corrected chi connectivity index (χ2v) is 5.00. The first-order valence-electron chi connectivity index (χ1n) is 6.38. The normalized spacial score (nSPS) is 16.3. The van der Waals surface area contributed by atoms with E-state index in [-0.39, 0.29) is 5.91 Å². The van der Waals surface area contributed by atoms with Crippen LogP contribution in [-0.2, 0) is 0 Å². The molecule has 2 N–H and O–H groups in total. The summed E-state index contributed by atoms with van der Waals surface area (Å²) in [7, 11) is 0. The Morgan fingerprint density at radius 1 is 1.58 bits per heavy atom. The van der Waals surface area contributed by atoms with Gasteiger partial charge in [0.1, 0.15) is 0 Å². The molecule has 0 saturated heterocycles. The largest absolute Gasteiger partial charge is 0.302 e. The fourth-order valence-corrected chi connectivity index (χ4v) is 2.23. The third-order valence-electron chi connectivity index (χ3n) is 3.50. The lowest BCUT2D eigenvalue weighted by molar-refractivity contribution is 0.102. The van der Waals surface area contributed by atoms with Crippen molar-refractivity contribution in [2.24, 2.45) is 5.92 Å². The molecular weight excluding hydrogens is 244 g/mol. The number of rotatable bonds is 4. The van der Waals surface area contributed by atoms with E-state index in [1.807, 2.05) is 11.6 Å². The lowest BCUT2D eigenvalue weighted by Crippen LogP contribution is -2.15. The maximum Gasteiger partial charge on any atom is 0.277 e. The molecule has 0 aliphatic heterocycles. The van der Waals surface area contributed by atoms with Crippen LogP contribution in [0.1, 0.15) is 42.0 Å². The number of carbonyl (C=O) groups is 1. The van der Waals surface area contributed by atoms with E-state index < -0.39 is 0 Å². The Kier molecular flexibility index (Phi) is 2.81. The molecular formula is C12H16N6O. The summed E-state index contributed by atoms with van der Waals surface area (Å²) >= 11 is 0. The van der Waals surface area contributed by atoms with Gasteiger partial charge in [0.15, 0.2) is 11.5 Å². The van der Waals surface area contributed by atoms with E-state index >= 15 is 0 Å². The van der Waals surface area contributed by atoms with E-state index in [0.717, 1.165) is 5.69 Å². The molecule has 7 nitrogen and oxygen atoms in total. The summed E-state index contributed by atoms with van der Waals surface area (Å²) < 4.78 is 1.94. The van der Waals surface area contributed by atoms with Crippen molar-refractivity contribution >= 4 is 11.7 Å². The van der Waals surface area contributed by atoms with Gasteiger partial charge in [0.05, 0.1) is 12.2 Å². The maximum absolute atomic E-state index is 12.0. The zero-order chi connectivity index (χ0) is 13.4. The number of nitrogens with zero attached hydrogens (tertiary/aromatic N) is 4. The van der Waals surface area contributed by atoms with Crippen LogP contribution >= 0.6 is 0 Å². The van der Waals surface area contributed by atoms with Crippen LogP contribution in [0.25, 0.3) is 0 Å². The molecule has 100 valence electrons. The molecule has 3 rings (SSSR count). The molecule has 0 spiro atoms. The number of hydrogen-bond donors (Lipinski definition) is 2. The standard InChI is InChI=1S/C12H16N6O/c1-7-5-10(12(19)14-11-6-13-17-15-11)16-18(7)8(2)9-3-4-9/h5-6,8-9H,3-4H2,1-2H3,(H2,13,14,15,17,19). The van der Waals surface area contributed by atoms with Crippen molar-refractivity contribution in [1.82, 2.24) is 25.2 Å². The van der Waals surface area contributed by atoms with E-state index in [0.29, 0.717) is 23.5 Å². The minimum Gasteiger partial charge on any atom is -0.302 e. The van der Waals surface area contributed by atoms with Gasteiger partial charge in [0, 0.05) is 5.69 Å². The van der Waals surface area contributed by atoms with Crippen LogP contribution in [0.4, 0.5) is 5.82 Å². The molecule has 0 bridgehead atoms. The first kappa shape index (κ1) is 11.9. The van der Waals surface area contributed by atoms with Gasteiger partial charge in [-0.2, -0.15) is 15.4 Å². The van der Waals surface area contributed by atoms with Crippen LogP contribution in [-0.4, -0.2) is 31.1 Å². The molecule has 1 aliphatic rings. The predicted octanol–water partition coefficient (Wildman–Crippen LogP) is 1.53. The number of H-pyrrole nitrogens is 1. The van der Waals surface area contributed by atoms with Gasteiger partial charge in [-0.1, -0.05) is 0 Å². The third kappa shape index (κ3) is 2.35. The Hall–Kier alpha value is -2.18. The summed E-state index contributed by atoms with van der Waals surface area (Å²) in [5.74, 6) is 0.830. The molecule has 1 unspecified atom stereocenters. The molecule has 1 fully saturated rings. The van der Waals surface area contributed by atoms with Crippen molar-refractivity contribution in [3.8, 4) is 0 Å². The van der Waals surface area contributed by atoms with Crippen molar-refractivity contribution < 1.29 is 4.79 Å². The average Bonchev–Trinajstić information content (AvgIpc) is 2.98. The molecule has 19 heavy (non-hydrogen) atoms. The Bertz CT molecular complexity index is 583. The first-order chi connectivity index (χ1) is 9.15. The zero-order valence-corrected chi connectivity index (χ0v) is 10.9. The van der Waals surface area contributed by atoms with E-state index in [9.17, 15) is 4.79 Å². The molecule has 2 heterocycles. The van der Waals surface area contributed by atoms with Crippen LogP contribution < -0.4 is 5.32 Å². The van der Waals surface area contributed by atoms with Crippen molar-refractivity contribution in [2.45, 2.75) is 32.7 Å². The van der Waals surface area contributed by atoms with Crippen LogP contribution in [0, 0.1) is 12.8 Å². The molecule has 1 aliphatic carbocycles. The van der Waals surface area contributed by atoms with Crippen molar-refractivity contribution in [1.29, 1.82) is 0 Å². The Morgan fingerprint density at radius 3 is 3.00 bits per heavy atom. The highest BCUT2D eigenvalue weighted by Gasteiger charge is 2.30. The lowest BCUT2D eigenvalue weighted by atomic mass is 10.2. The summed E-state index contributed by atoms with van der Waals surface area (Å²) in [4.78, 5) is 12.0. The van der Waals surface area contributed by atoms with Crippen LogP contribution in [0.5, 0.6) is 0 Å². The van der Waals surface area contributed by atoms with Crippen molar-refractivity contribution in [3.63, 3.8) is 0 Å². The fraction of sp³-hybridized carbons (Fsp3) is 0.500. The number of aryl methyl sites for hydroxylation is 1. The lowest BCUT2D eigenvalue weighted by Gasteiger charge is -2.12. The van der Waals surface area contributed by atoms with Crippen molar-refractivity contribution in [2.75, 3.05) is 5.32 Å². The summed E-state index contributed by atoms with van der Waals surface area (Å²) in [5.41, 5.74) is 1.41. The van der Waals surface area contributed by atoms with Crippen molar-refractivity contribution in [3.05, 3.63) is 23.7 Å². The van der Waals surface area contributed by atoms with Crippen LogP contribution in [0.15, 0.2) is 12.3 Å². The van der Waals surface area contributed by atoms with Gasteiger partial charge in [-0.05, 0) is 38.7 Å². The Labute approximate surface area is 110 Å². The Morgan fingerprint density at radius 2 is 2.37 bits per heavy atom. The highest BCUT2D eigenvalue weighted by Crippen LogP contribution is 2.39. The number of amides is 1. The number of aromatic amines is 1. The summed E-state index contributed by atoms with van der Waals surface area (Å²) in [6.45, 7) is 4.12.